The number of hydrogen-bond acceptors (Lipinski definition) is 4. The molecule has 0 aromatic heterocycles. The average molecular weight is 237 g/mol. The Hall–Kier alpha value is -0.170. The molecular formula is C9H23N3O2S. The minimum atomic E-state index is -3.19. The van der Waals surface area contributed by atoms with E-state index in [1.54, 1.807) is 0 Å². The van der Waals surface area contributed by atoms with E-state index in [1.807, 2.05) is 6.92 Å². The molecule has 3 N–H and O–H groups in total. The van der Waals surface area contributed by atoms with Crippen LogP contribution in [0.2, 0.25) is 0 Å². The van der Waals surface area contributed by atoms with Crippen LogP contribution in [0.1, 0.15) is 20.8 Å². The lowest BCUT2D eigenvalue weighted by molar-refractivity contribution is 0.282. The van der Waals surface area contributed by atoms with Crippen molar-refractivity contribution in [2.24, 2.45) is 5.73 Å². The molecule has 0 spiro atoms. The van der Waals surface area contributed by atoms with Gasteiger partial charge >= 0.3 is 0 Å². The summed E-state index contributed by atoms with van der Waals surface area (Å²) in [6, 6.07) is -0.0681. The Labute approximate surface area is 93.1 Å². The predicted octanol–water partition coefficient (Wildman–Crippen LogP) is -0.405. The Morgan fingerprint density at radius 2 is 1.87 bits per heavy atom. The van der Waals surface area contributed by atoms with Crippen LogP contribution in [0.3, 0.4) is 0 Å². The van der Waals surface area contributed by atoms with Gasteiger partial charge in [-0.1, -0.05) is 13.8 Å². The largest absolute Gasteiger partial charge is 0.329 e. The minimum Gasteiger partial charge on any atom is -0.329 e. The molecule has 0 aromatic rings. The van der Waals surface area contributed by atoms with Crippen LogP contribution < -0.4 is 10.5 Å². The summed E-state index contributed by atoms with van der Waals surface area (Å²) < 4.78 is 25.4. The standard InChI is InChI=1S/C9H23N3O2S/c1-4-12(5-2)8-9(3)11-15(13,14)7-6-10/h9,11H,4-8,10H2,1-3H3. The Bertz CT molecular complexity index is 250. The van der Waals surface area contributed by atoms with Crippen LogP contribution in [0.25, 0.3) is 0 Å². The van der Waals surface area contributed by atoms with Gasteiger partial charge in [0.1, 0.15) is 0 Å². The van der Waals surface area contributed by atoms with Crippen LogP contribution in [0.4, 0.5) is 0 Å². The predicted molar refractivity (Wildman–Crippen MR) is 63.2 cm³/mol. The molecule has 0 heterocycles. The SMILES string of the molecule is CCN(CC)CC(C)NS(=O)(=O)CCN. The molecule has 0 bridgehead atoms. The summed E-state index contributed by atoms with van der Waals surface area (Å²) in [7, 11) is -3.19. The molecule has 0 amide bonds. The molecule has 6 heteroatoms. The zero-order chi connectivity index (χ0) is 11.9. The van der Waals surface area contributed by atoms with E-state index in [0.717, 1.165) is 19.6 Å². The maximum Gasteiger partial charge on any atom is 0.213 e. The fourth-order valence-corrected chi connectivity index (χ4v) is 2.54. The molecule has 0 aliphatic rings. The van der Waals surface area contributed by atoms with E-state index >= 15 is 0 Å². The lowest BCUT2D eigenvalue weighted by Crippen LogP contribution is -2.43. The van der Waals surface area contributed by atoms with Gasteiger partial charge in [0, 0.05) is 19.1 Å². The van der Waals surface area contributed by atoms with Crippen molar-refractivity contribution in [2.75, 3.05) is 31.9 Å². The van der Waals surface area contributed by atoms with Crippen LogP contribution in [0.15, 0.2) is 0 Å². The number of hydrogen-bond donors (Lipinski definition) is 2. The molecule has 0 saturated carbocycles. The van der Waals surface area contributed by atoms with Crippen LogP contribution in [0, 0.1) is 0 Å². The Balaban J connectivity index is 4.07. The maximum absolute atomic E-state index is 11.4. The van der Waals surface area contributed by atoms with E-state index in [1.165, 1.54) is 0 Å². The highest BCUT2D eigenvalue weighted by molar-refractivity contribution is 7.89. The van der Waals surface area contributed by atoms with E-state index in [4.69, 9.17) is 5.73 Å². The summed E-state index contributed by atoms with van der Waals surface area (Å²) in [5.41, 5.74) is 5.21. The van der Waals surface area contributed by atoms with E-state index in [9.17, 15) is 8.42 Å². The molecule has 0 saturated heterocycles. The third-order valence-corrected chi connectivity index (χ3v) is 3.73. The van der Waals surface area contributed by atoms with Crippen molar-refractivity contribution in [1.29, 1.82) is 0 Å². The lowest BCUT2D eigenvalue weighted by atomic mass is 10.3. The van der Waals surface area contributed by atoms with Gasteiger partial charge in [-0.15, -0.1) is 0 Å². The molecule has 5 nitrogen and oxygen atoms in total. The number of likely N-dealkylation sites (N-methyl/N-ethyl adjacent to an activating group) is 1. The van der Waals surface area contributed by atoms with Crippen molar-refractivity contribution >= 4 is 10.0 Å². The summed E-state index contributed by atoms with van der Waals surface area (Å²) in [6.07, 6.45) is 0. The summed E-state index contributed by atoms with van der Waals surface area (Å²) in [5.74, 6) is -0.00438. The fraction of sp³-hybridized carbons (Fsp3) is 1.00. The summed E-state index contributed by atoms with van der Waals surface area (Å²) in [5, 5.41) is 0. The van der Waals surface area contributed by atoms with Crippen LogP contribution in [-0.4, -0.2) is 51.3 Å². The molecule has 0 rings (SSSR count). The third kappa shape index (κ3) is 6.83. The van der Waals surface area contributed by atoms with Crippen molar-refractivity contribution in [3.05, 3.63) is 0 Å². The van der Waals surface area contributed by atoms with E-state index < -0.39 is 10.0 Å². The van der Waals surface area contributed by atoms with E-state index in [-0.39, 0.29) is 18.3 Å². The quantitative estimate of drug-likeness (QED) is 0.602. The molecule has 1 unspecified atom stereocenters. The smallest absolute Gasteiger partial charge is 0.213 e. The lowest BCUT2D eigenvalue weighted by Gasteiger charge is -2.23. The van der Waals surface area contributed by atoms with Gasteiger partial charge < -0.3 is 10.6 Å². The Morgan fingerprint density at radius 1 is 1.33 bits per heavy atom. The van der Waals surface area contributed by atoms with Crippen molar-refractivity contribution in [1.82, 2.24) is 9.62 Å². The second-order valence-corrected chi connectivity index (χ2v) is 5.49. The topological polar surface area (TPSA) is 75.4 Å². The molecule has 92 valence electrons. The molecular weight excluding hydrogens is 214 g/mol. The number of rotatable bonds is 8. The van der Waals surface area contributed by atoms with Crippen molar-refractivity contribution in [3.8, 4) is 0 Å². The summed E-state index contributed by atoms with van der Waals surface area (Å²) >= 11 is 0. The van der Waals surface area contributed by atoms with Crippen molar-refractivity contribution < 1.29 is 8.42 Å². The highest BCUT2D eigenvalue weighted by Crippen LogP contribution is 1.94. The number of sulfonamides is 1. The first-order valence-electron chi connectivity index (χ1n) is 5.37. The molecule has 1 atom stereocenters. The minimum absolute atomic E-state index is 0.00438. The van der Waals surface area contributed by atoms with Crippen LogP contribution in [-0.2, 0) is 10.0 Å². The maximum atomic E-state index is 11.4. The first-order chi connectivity index (χ1) is 6.95. The van der Waals surface area contributed by atoms with Gasteiger partial charge in [-0.3, -0.25) is 0 Å². The number of nitrogens with two attached hydrogens (primary N) is 1. The third-order valence-electron chi connectivity index (χ3n) is 2.19. The van der Waals surface area contributed by atoms with Crippen molar-refractivity contribution in [2.45, 2.75) is 26.8 Å². The zero-order valence-corrected chi connectivity index (χ0v) is 10.7. The highest BCUT2D eigenvalue weighted by atomic mass is 32.2. The summed E-state index contributed by atoms with van der Waals surface area (Å²) in [4.78, 5) is 2.18. The van der Waals surface area contributed by atoms with E-state index in [2.05, 4.69) is 23.5 Å². The Kier molecular flexibility index (Phi) is 7.08. The van der Waals surface area contributed by atoms with Crippen molar-refractivity contribution in [3.63, 3.8) is 0 Å². The van der Waals surface area contributed by atoms with Gasteiger partial charge in [0.2, 0.25) is 10.0 Å². The average Bonchev–Trinajstić information content (AvgIpc) is 2.13. The highest BCUT2D eigenvalue weighted by Gasteiger charge is 2.14. The van der Waals surface area contributed by atoms with Crippen LogP contribution >= 0.6 is 0 Å². The van der Waals surface area contributed by atoms with E-state index in [0.29, 0.717) is 0 Å². The zero-order valence-electron chi connectivity index (χ0n) is 9.86. The van der Waals surface area contributed by atoms with Gasteiger partial charge in [0.05, 0.1) is 5.75 Å². The van der Waals surface area contributed by atoms with Gasteiger partial charge in [-0.25, -0.2) is 13.1 Å². The van der Waals surface area contributed by atoms with Gasteiger partial charge in [-0.2, -0.15) is 0 Å². The fourth-order valence-electron chi connectivity index (χ4n) is 1.43. The Morgan fingerprint density at radius 3 is 2.27 bits per heavy atom. The monoisotopic (exact) mass is 237 g/mol. The summed E-state index contributed by atoms with van der Waals surface area (Å²) in [6.45, 7) is 8.74. The van der Waals surface area contributed by atoms with Gasteiger partial charge in [-0.05, 0) is 20.0 Å². The molecule has 0 fully saturated rings. The first-order valence-corrected chi connectivity index (χ1v) is 7.02. The van der Waals surface area contributed by atoms with Gasteiger partial charge in [0.25, 0.3) is 0 Å². The normalized spacial score (nSPS) is 14.5. The van der Waals surface area contributed by atoms with Gasteiger partial charge in [0.15, 0.2) is 0 Å². The molecule has 0 radical (unpaired) electrons. The van der Waals surface area contributed by atoms with Crippen LogP contribution in [0.5, 0.6) is 0 Å². The molecule has 0 aromatic carbocycles. The molecule has 15 heavy (non-hydrogen) atoms. The second-order valence-electron chi connectivity index (χ2n) is 3.61. The number of nitrogens with one attached hydrogen (secondary N) is 1. The second kappa shape index (κ2) is 7.16. The molecule has 0 aliphatic carbocycles. The molecule has 0 aliphatic heterocycles. The first kappa shape index (κ1) is 14.8. The number of nitrogens with zero attached hydrogens (tertiary/aromatic N) is 1.